The number of furan rings is 2. The lowest BCUT2D eigenvalue weighted by atomic mass is 9.42. The Morgan fingerprint density at radius 2 is 0.898 bits per heavy atom. The highest BCUT2D eigenvalue weighted by Crippen LogP contribution is 2.56. The molecule has 2 aliphatic heterocycles. The van der Waals surface area contributed by atoms with E-state index in [0.29, 0.717) is 0 Å². The van der Waals surface area contributed by atoms with Crippen LogP contribution in [0.5, 0.6) is 0 Å². The van der Waals surface area contributed by atoms with Crippen molar-refractivity contribution in [3.63, 3.8) is 0 Å². The summed E-state index contributed by atoms with van der Waals surface area (Å²) in [7, 11) is 0. The molecule has 0 bridgehead atoms. The van der Waals surface area contributed by atoms with Crippen molar-refractivity contribution in [2.45, 2.75) is 181 Å². The molecule has 5 nitrogen and oxygen atoms in total. The van der Waals surface area contributed by atoms with E-state index in [-0.39, 0.29) is 44.8 Å². The maximum atomic E-state index is 7.37. The van der Waals surface area contributed by atoms with E-state index in [2.05, 4.69) is 296 Å². The molecule has 0 radical (unpaired) electrons. The molecular formula is C82H86BN3O2. The molecule has 15 rings (SSSR count). The first-order chi connectivity index (χ1) is 41.5. The van der Waals surface area contributed by atoms with Crippen molar-refractivity contribution in [1.29, 1.82) is 0 Å². The Morgan fingerprint density at radius 3 is 1.49 bits per heavy atom. The Labute approximate surface area is 522 Å². The zero-order valence-electron chi connectivity index (χ0n) is 55.2. The summed E-state index contributed by atoms with van der Waals surface area (Å²) in [6, 6.07) is 63.3. The van der Waals surface area contributed by atoms with Gasteiger partial charge in [-0.1, -0.05) is 184 Å². The standard InChI is InChI=1S/C82H86BN3O2/c1-76(2,3)49-22-28-52(29-23-49)84(53-30-24-50(25-31-53)77(4,5)6)56-34-36-58-59-44-61-67(48-72(59)87-71(58)43-56)86(54-32-26-51(27-33-54)78(7,8)9)83-66-46-64-65(82(16,17)41-40-81(64,14)15)47-68(66)85(55-35-37-62-63(42-55)80(12,13)39-38-79(62,10)11)69-45-60-57-20-18-19-21-70(57)88-75(60)73(61)74(69)83/h18-37,42-48H,38-41H2,1-17H3. The molecule has 0 spiro atoms. The second-order valence-electron chi connectivity index (χ2n) is 32.4. The molecular weight excluding hydrogens is 1070 g/mol. The second-order valence-corrected chi connectivity index (χ2v) is 32.4. The summed E-state index contributed by atoms with van der Waals surface area (Å²) in [6.07, 6.45) is 4.55. The predicted octanol–water partition coefficient (Wildman–Crippen LogP) is 22.3. The van der Waals surface area contributed by atoms with Gasteiger partial charge >= 0.3 is 6.85 Å². The second kappa shape index (κ2) is 18.8. The first kappa shape index (κ1) is 56.5. The van der Waals surface area contributed by atoms with E-state index in [1.807, 2.05) is 0 Å². The van der Waals surface area contributed by atoms with Gasteiger partial charge in [-0.05, 0) is 198 Å². The fourth-order valence-electron chi connectivity index (χ4n) is 15.7. The van der Waals surface area contributed by atoms with Crippen molar-refractivity contribution in [3.8, 4) is 11.1 Å². The minimum atomic E-state index is -0.239. The van der Waals surface area contributed by atoms with E-state index in [4.69, 9.17) is 8.83 Å². The quantitative estimate of drug-likeness (QED) is 0.161. The van der Waals surface area contributed by atoms with Crippen LogP contribution in [-0.4, -0.2) is 6.85 Å². The van der Waals surface area contributed by atoms with Crippen molar-refractivity contribution < 1.29 is 8.83 Å². The molecule has 0 N–H and O–H groups in total. The SMILES string of the molecule is CC(C)(C)c1ccc(N2B3c4cc5c(cc4N(c4ccc6c(c4)C(C)(C)CCC6(C)C)c4cc6c(oc7ccccc76)c(c43)-c3cc4c(cc32)oc2cc(N(c3ccc(C(C)(C)C)cc3)c3ccc(C(C)(C)C)cc3)ccc24)C(C)(C)CCC5(C)C)cc1. The lowest BCUT2D eigenvalue weighted by Gasteiger charge is -2.48. The summed E-state index contributed by atoms with van der Waals surface area (Å²) in [4.78, 5) is 7.73. The van der Waals surface area contributed by atoms with Crippen LogP contribution >= 0.6 is 0 Å². The van der Waals surface area contributed by atoms with Gasteiger partial charge in [0.2, 0.25) is 0 Å². The Balaban J connectivity index is 1.03. The van der Waals surface area contributed by atoms with Crippen LogP contribution in [0.15, 0.2) is 173 Å². The fourth-order valence-corrected chi connectivity index (χ4v) is 15.7. The minimum Gasteiger partial charge on any atom is -0.456 e. The molecule has 444 valence electrons. The van der Waals surface area contributed by atoms with Crippen molar-refractivity contribution in [2.75, 3.05) is 14.6 Å². The van der Waals surface area contributed by atoms with Crippen LogP contribution in [0, 0.1) is 0 Å². The average Bonchev–Trinajstić information content (AvgIpc) is 1.07. The third-order valence-corrected chi connectivity index (χ3v) is 21.4. The third kappa shape index (κ3) is 8.68. The molecule has 0 unspecified atom stereocenters. The fraction of sp³-hybridized carbons (Fsp3) is 0.341. The molecule has 6 heteroatoms. The van der Waals surface area contributed by atoms with Crippen molar-refractivity contribution in [1.82, 2.24) is 0 Å². The van der Waals surface area contributed by atoms with Gasteiger partial charge < -0.3 is 23.4 Å². The molecule has 0 saturated carbocycles. The number of para-hydroxylation sites is 1. The zero-order valence-corrected chi connectivity index (χ0v) is 55.2. The number of anilines is 8. The maximum Gasteiger partial charge on any atom is 0.333 e. The van der Waals surface area contributed by atoms with Crippen LogP contribution < -0.4 is 25.5 Å². The first-order valence-corrected chi connectivity index (χ1v) is 32.5. The highest BCUT2D eigenvalue weighted by atomic mass is 16.3. The number of fused-ring (bicyclic) bond motifs is 13. The predicted molar refractivity (Wildman–Crippen MR) is 376 cm³/mol. The molecule has 88 heavy (non-hydrogen) atoms. The van der Waals surface area contributed by atoms with Crippen LogP contribution in [0.25, 0.3) is 55.0 Å². The Kier molecular flexibility index (Phi) is 12.1. The molecule has 4 heterocycles. The summed E-state index contributed by atoms with van der Waals surface area (Å²) < 4.78 is 14.7. The van der Waals surface area contributed by atoms with Gasteiger partial charge in [0.15, 0.2) is 0 Å². The smallest absolute Gasteiger partial charge is 0.333 e. The Morgan fingerprint density at radius 1 is 0.398 bits per heavy atom. The first-order valence-electron chi connectivity index (χ1n) is 32.5. The van der Waals surface area contributed by atoms with Gasteiger partial charge in [-0.3, -0.25) is 0 Å². The van der Waals surface area contributed by atoms with E-state index in [1.54, 1.807) is 0 Å². The molecule has 11 aromatic rings. The van der Waals surface area contributed by atoms with Crippen molar-refractivity contribution >= 4 is 107 Å². The molecule has 4 aliphatic rings. The van der Waals surface area contributed by atoms with Gasteiger partial charge in [-0.25, -0.2) is 0 Å². The van der Waals surface area contributed by atoms with Crippen LogP contribution in [-0.2, 0) is 37.9 Å². The van der Waals surface area contributed by atoms with Gasteiger partial charge in [0.25, 0.3) is 0 Å². The van der Waals surface area contributed by atoms with Gasteiger partial charge in [0.1, 0.15) is 22.3 Å². The number of hydrogen-bond acceptors (Lipinski definition) is 5. The number of benzene rings is 9. The van der Waals surface area contributed by atoms with E-state index in [0.717, 1.165) is 103 Å². The molecule has 9 aromatic carbocycles. The van der Waals surface area contributed by atoms with Crippen molar-refractivity contribution in [2.24, 2.45) is 0 Å². The lowest BCUT2D eigenvalue weighted by Crippen LogP contribution is -2.62. The summed E-state index contributed by atoms with van der Waals surface area (Å²) in [5.74, 6) is 0. The summed E-state index contributed by atoms with van der Waals surface area (Å²) >= 11 is 0. The molecule has 0 saturated heterocycles. The van der Waals surface area contributed by atoms with Gasteiger partial charge in [-0.2, -0.15) is 0 Å². The summed E-state index contributed by atoms with van der Waals surface area (Å²) in [5.41, 5.74) is 27.2. The monoisotopic (exact) mass is 1160 g/mol. The Bertz CT molecular complexity index is 4620. The van der Waals surface area contributed by atoms with E-state index in [1.165, 1.54) is 73.4 Å². The minimum absolute atomic E-state index is 0.0101. The molecule has 2 aromatic heterocycles. The largest absolute Gasteiger partial charge is 0.456 e. The molecule has 2 aliphatic carbocycles. The van der Waals surface area contributed by atoms with Crippen LogP contribution in [0.4, 0.5) is 45.5 Å². The van der Waals surface area contributed by atoms with E-state index in [9.17, 15) is 0 Å². The zero-order chi connectivity index (χ0) is 61.7. The normalized spacial score (nSPS) is 17.3. The highest BCUT2D eigenvalue weighted by molar-refractivity contribution is 6.94. The van der Waals surface area contributed by atoms with Crippen LogP contribution in [0.1, 0.15) is 182 Å². The van der Waals surface area contributed by atoms with E-state index >= 15 is 0 Å². The topological polar surface area (TPSA) is 36.0 Å². The highest BCUT2D eigenvalue weighted by Gasteiger charge is 2.50. The number of rotatable bonds is 5. The molecule has 0 atom stereocenters. The summed E-state index contributed by atoms with van der Waals surface area (Å²) in [5, 5.41) is 4.39. The maximum absolute atomic E-state index is 7.37. The number of hydrogen-bond donors (Lipinski definition) is 0. The van der Waals surface area contributed by atoms with Gasteiger partial charge in [0.05, 0.1) is 0 Å². The van der Waals surface area contributed by atoms with Crippen LogP contribution in [0.2, 0.25) is 0 Å². The van der Waals surface area contributed by atoms with Crippen molar-refractivity contribution in [3.05, 3.63) is 203 Å². The average molecular weight is 1160 g/mol. The van der Waals surface area contributed by atoms with E-state index < -0.39 is 0 Å². The van der Waals surface area contributed by atoms with Crippen LogP contribution in [0.3, 0.4) is 0 Å². The number of nitrogens with zero attached hydrogens (tertiary/aromatic N) is 3. The van der Waals surface area contributed by atoms with Gasteiger partial charge in [-0.15, -0.1) is 0 Å². The lowest BCUT2D eigenvalue weighted by molar-refractivity contribution is 0.332. The van der Waals surface area contributed by atoms with Gasteiger partial charge in [0, 0.05) is 90.3 Å². The molecule has 0 fully saturated rings. The molecule has 0 amide bonds. The third-order valence-electron chi connectivity index (χ3n) is 21.4. The Hall–Kier alpha value is -7.96. The summed E-state index contributed by atoms with van der Waals surface area (Å²) in [6.45, 7) is 40.1.